The van der Waals surface area contributed by atoms with Crippen molar-refractivity contribution in [2.24, 2.45) is 0 Å². The number of benzene rings is 3. The third-order valence-corrected chi connectivity index (χ3v) is 7.47. The van der Waals surface area contributed by atoms with Crippen molar-refractivity contribution in [2.45, 2.75) is 4.90 Å². The molecule has 182 valence electrons. The molecular weight excluding hydrogens is 470 g/mol. The molecule has 4 rings (SSSR count). The Morgan fingerprint density at radius 3 is 2.03 bits per heavy atom. The monoisotopic (exact) mass is 495 g/mol. The summed E-state index contributed by atoms with van der Waals surface area (Å²) in [7, 11) is -3.73. The van der Waals surface area contributed by atoms with Crippen LogP contribution in [0.3, 0.4) is 0 Å². The molecule has 1 heterocycles. The first kappa shape index (κ1) is 24.4. The minimum Gasteiger partial charge on any atom is -0.478 e. The number of hydrogen-bond donors (Lipinski definition) is 2. The Labute approximate surface area is 203 Å². The molecule has 9 nitrogen and oxygen atoms in total. The molecule has 0 saturated carbocycles. The Balaban J connectivity index is 1.26. The average Bonchev–Trinajstić information content (AvgIpc) is 2.86. The van der Waals surface area contributed by atoms with E-state index in [2.05, 4.69) is 5.32 Å². The Hall–Kier alpha value is -3.73. The lowest BCUT2D eigenvalue weighted by molar-refractivity contribution is -0.117. The fourth-order valence-corrected chi connectivity index (χ4v) is 5.10. The van der Waals surface area contributed by atoms with Crippen molar-refractivity contribution >= 4 is 27.6 Å². The number of carboxylic acid groups (broad SMARTS) is 1. The van der Waals surface area contributed by atoms with Gasteiger partial charge in [-0.15, -0.1) is 0 Å². The van der Waals surface area contributed by atoms with E-state index in [4.69, 9.17) is 9.84 Å². The molecule has 35 heavy (non-hydrogen) atoms. The second-order valence-corrected chi connectivity index (χ2v) is 9.94. The Morgan fingerprint density at radius 1 is 0.829 bits per heavy atom. The van der Waals surface area contributed by atoms with Gasteiger partial charge in [0.05, 0.1) is 17.0 Å². The molecule has 1 aliphatic heterocycles. The zero-order valence-corrected chi connectivity index (χ0v) is 19.6. The molecule has 0 atom stereocenters. The van der Waals surface area contributed by atoms with Crippen LogP contribution in [-0.2, 0) is 14.8 Å². The summed E-state index contributed by atoms with van der Waals surface area (Å²) in [5, 5.41) is 11.8. The van der Waals surface area contributed by atoms with E-state index in [1.54, 1.807) is 24.3 Å². The van der Waals surface area contributed by atoms with Gasteiger partial charge in [-0.1, -0.05) is 18.2 Å². The maximum Gasteiger partial charge on any atom is 0.335 e. The lowest BCUT2D eigenvalue weighted by Gasteiger charge is -2.33. The van der Waals surface area contributed by atoms with Crippen LogP contribution in [0, 0.1) is 0 Å². The van der Waals surface area contributed by atoms with Gasteiger partial charge in [0.15, 0.2) is 0 Å². The van der Waals surface area contributed by atoms with Crippen molar-refractivity contribution in [3.63, 3.8) is 0 Å². The number of para-hydroxylation sites is 1. The first-order chi connectivity index (χ1) is 16.8. The first-order valence-electron chi connectivity index (χ1n) is 11.0. The largest absolute Gasteiger partial charge is 0.478 e. The maximum atomic E-state index is 12.9. The zero-order valence-electron chi connectivity index (χ0n) is 18.8. The van der Waals surface area contributed by atoms with Gasteiger partial charge >= 0.3 is 5.97 Å². The van der Waals surface area contributed by atoms with Gasteiger partial charge < -0.3 is 15.2 Å². The number of sulfonamides is 1. The van der Waals surface area contributed by atoms with Crippen LogP contribution in [0.4, 0.5) is 5.69 Å². The summed E-state index contributed by atoms with van der Waals surface area (Å²) in [6, 6.07) is 21.6. The highest BCUT2D eigenvalue weighted by Crippen LogP contribution is 2.23. The van der Waals surface area contributed by atoms with Crippen LogP contribution in [0.25, 0.3) is 0 Å². The highest BCUT2D eigenvalue weighted by atomic mass is 32.2. The van der Waals surface area contributed by atoms with Gasteiger partial charge in [0.2, 0.25) is 15.9 Å². The van der Waals surface area contributed by atoms with Gasteiger partial charge in [0, 0.05) is 31.9 Å². The molecule has 0 aliphatic carbocycles. The topological polar surface area (TPSA) is 116 Å². The molecule has 1 saturated heterocycles. The molecule has 1 aliphatic rings. The fourth-order valence-electron chi connectivity index (χ4n) is 3.68. The van der Waals surface area contributed by atoms with Gasteiger partial charge in [-0.3, -0.25) is 9.69 Å². The second kappa shape index (κ2) is 10.7. The Bertz CT molecular complexity index is 1270. The quantitative estimate of drug-likeness (QED) is 0.493. The highest BCUT2D eigenvalue weighted by molar-refractivity contribution is 7.89. The predicted octanol–water partition coefficient (Wildman–Crippen LogP) is 3.12. The number of piperazine rings is 1. The number of aromatic carboxylic acids is 1. The molecular formula is C25H25N3O6S. The molecule has 3 aromatic rings. The van der Waals surface area contributed by atoms with E-state index in [0.717, 1.165) is 5.75 Å². The summed E-state index contributed by atoms with van der Waals surface area (Å²) in [4.78, 5) is 25.4. The van der Waals surface area contributed by atoms with Gasteiger partial charge in [0.1, 0.15) is 11.5 Å². The standard InChI is InChI=1S/C25H25N3O6S/c29-24(26-20-8-10-22(11-9-20)34-21-4-2-1-3-5-21)18-27-14-16-28(17-15-27)35(32,33)23-12-6-19(7-13-23)25(30)31/h1-13H,14-18H2,(H,26,29)(H,30,31). The fraction of sp³-hybridized carbons (Fsp3) is 0.200. The van der Waals surface area contributed by atoms with Crippen molar-refractivity contribution in [2.75, 3.05) is 38.0 Å². The third-order valence-electron chi connectivity index (χ3n) is 5.55. The van der Waals surface area contributed by atoms with Crippen LogP contribution in [0.5, 0.6) is 11.5 Å². The van der Waals surface area contributed by atoms with Crippen LogP contribution in [0.1, 0.15) is 10.4 Å². The molecule has 0 radical (unpaired) electrons. The number of nitrogens with one attached hydrogen (secondary N) is 1. The normalized spacial score (nSPS) is 14.9. The zero-order chi connectivity index (χ0) is 24.8. The number of amides is 1. The van der Waals surface area contributed by atoms with E-state index in [1.165, 1.54) is 28.6 Å². The smallest absolute Gasteiger partial charge is 0.335 e. The molecule has 0 spiro atoms. The Kier molecular flexibility index (Phi) is 7.45. The van der Waals surface area contributed by atoms with E-state index >= 15 is 0 Å². The SMILES string of the molecule is O=C(CN1CCN(S(=O)(=O)c2ccc(C(=O)O)cc2)CC1)Nc1ccc(Oc2ccccc2)cc1. The van der Waals surface area contributed by atoms with Crippen LogP contribution >= 0.6 is 0 Å². The van der Waals surface area contributed by atoms with Crippen molar-refractivity contribution in [3.8, 4) is 11.5 Å². The molecule has 0 unspecified atom stereocenters. The first-order valence-corrected chi connectivity index (χ1v) is 12.4. The van der Waals surface area contributed by atoms with Gasteiger partial charge in [-0.05, 0) is 60.7 Å². The van der Waals surface area contributed by atoms with E-state index in [0.29, 0.717) is 24.5 Å². The van der Waals surface area contributed by atoms with E-state index < -0.39 is 16.0 Å². The molecule has 3 aromatic carbocycles. The number of hydrogen-bond acceptors (Lipinski definition) is 6. The van der Waals surface area contributed by atoms with E-state index in [9.17, 15) is 18.0 Å². The summed E-state index contributed by atoms with van der Waals surface area (Å²) >= 11 is 0. The molecule has 1 amide bonds. The van der Waals surface area contributed by atoms with Crippen molar-refractivity contribution < 1.29 is 27.9 Å². The van der Waals surface area contributed by atoms with Gasteiger partial charge in [0.25, 0.3) is 0 Å². The van der Waals surface area contributed by atoms with Gasteiger partial charge in [-0.2, -0.15) is 4.31 Å². The van der Waals surface area contributed by atoms with Crippen molar-refractivity contribution in [1.82, 2.24) is 9.21 Å². The summed E-state index contributed by atoms with van der Waals surface area (Å²) in [6.07, 6.45) is 0. The van der Waals surface area contributed by atoms with Crippen molar-refractivity contribution in [3.05, 3.63) is 84.4 Å². The molecule has 1 fully saturated rings. The van der Waals surface area contributed by atoms with Crippen LogP contribution in [0.15, 0.2) is 83.8 Å². The van der Waals surface area contributed by atoms with E-state index in [1.807, 2.05) is 35.2 Å². The lowest BCUT2D eigenvalue weighted by Crippen LogP contribution is -2.50. The summed E-state index contributed by atoms with van der Waals surface area (Å²) < 4.78 is 32.8. The lowest BCUT2D eigenvalue weighted by atomic mass is 10.2. The average molecular weight is 496 g/mol. The third kappa shape index (κ3) is 6.24. The summed E-state index contributed by atoms with van der Waals surface area (Å²) in [5.41, 5.74) is 0.666. The number of carbonyl (C=O) groups excluding carboxylic acids is 1. The molecule has 0 aromatic heterocycles. The molecule has 2 N–H and O–H groups in total. The summed E-state index contributed by atoms with van der Waals surface area (Å²) in [5.74, 6) is 0.0754. The van der Waals surface area contributed by atoms with Crippen molar-refractivity contribution in [1.29, 1.82) is 0 Å². The van der Waals surface area contributed by atoms with Crippen LogP contribution in [-0.4, -0.2) is 67.3 Å². The molecule has 0 bridgehead atoms. The Morgan fingerprint density at radius 2 is 1.43 bits per heavy atom. The van der Waals surface area contributed by atoms with Crippen LogP contribution in [0.2, 0.25) is 0 Å². The number of carbonyl (C=O) groups is 2. The highest BCUT2D eigenvalue weighted by Gasteiger charge is 2.29. The maximum absolute atomic E-state index is 12.9. The second-order valence-electron chi connectivity index (χ2n) is 8.00. The number of ether oxygens (including phenoxy) is 1. The summed E-state index contributed by atoms with van der Waals surface area (Å²) in [6.45, 7) is 1.43. The van der Waals surface area contributed by atoms with E-state index in [-0.39, 0.29) is 36.0 Å². The molecule has 10 heteroatoms. The van der Waals surface area contributed by atoms with Crippen LogP contribution < -0.4 is 10.1 Å². The van der Waals surface area contributed by atoms with Gasteiger partial charge in [-0.25, -0.2) is 13.2 Å². The predicted molar refractivity (Wildman–Crippen MR) is 130 cm³/mol. The number of carboxylic acids is 1. The minimum atomic E-state index is -3.73. The number of nitrogens with zero attached hydrogens (tertiary/aromatic N) is 2. The number of rotatable bonds is 8. The minimum absolute atomic E-state index is 0.0261. The number of anilines is 1.